The van der Waals surface area contributed by atoms with Crippen LogP contribution in [0.2, 0.25) is 0 Å². The molecule has 0 amide bonds. The van der Waals surface area contributed by atoms with Crippen molar-refractivity contribution in [2.75, 3.05) is 11.5 Å². The van der Waals surface area contributed by atoms with Crippen molar-refractivity contribution >= 4 is 21.2 Å². The molecule has 2 rings (SSSR count). The third-order valence-electron chi connectivity index (χ3n) is 3.08. The maximum absolute atomic E-state index is 11.3. The van der Waals surface area contributed by atoms with Crippen LogP contribution in [-0.2, 0) is 16.3 Å². The summed E-state index contributed by atoms with van der Waals surface area (Å²) in [7, 11) is -2.87. The van der Waals surface area contributed by atoms with Gasteiger partial charge in [0.1, 0.15) is 0 Å². The van der Waals surface area contributed by atoms with Gasteiger partial charge in [-0.05, 0) is 36.6 Å². The van der Waals surface area contributed by atoms with Crippen molar-refractivity contribution in [2.24, 2.45) is 5.92 Å². The molecule has 3 nitrogen and oxygen atoms in total. The Labute approximate surface area is 100 Å². The Morgan fingerprint density at radius 2 is 2.38 bits per heavy atom. The van der Waals surface area contributed by atoms with Gasteiger partial charge in [-0.15, -0.1) is 11.3 Å². The molecule has 5 heteroatoms. The number of rotatable bonds is 4. The van der Waals surface area contributed by atoms with Gasteiger partial charge in [0.05, 0.1) is 17.6 Å². The lowest BCUT2D eigenvalue weighted by Gasteiger charge is -2.15. The third kappa shape index (κ3) is 3.06. The van der Waals surface area contributed by atoms with E-state index in [0.717, 1.165) is 6.42 Å². The van der Waals surface area contributed by atoms with E-state index in [2.05, 4.69) is 0 Å². The van der Waals surface area contributed by atoms with Crippen LogP contribution in [0.3, 0.4) is 0 Å². The Morgan fingerprint density at radius 3 is 2.94 bits per heavy atom. The Kier molecular flexibility index (Phi) is 3.66. The Balaban J connectivity index is 1.83. The van der Waals surface area contributed by atoms with Gasteiger partial charge < -0.3 is 5.11 Å². The molecule has 0 spiro atoms. The minimum absolute atomic E-state index is 0.0510. The first kappa shape index (κ1) is 12.1. The second-order valence-electron chi connectivity index (χ2n) is 4.35. The first-order valence-electron chi connectivity index (χ1n) is 5.48. The number of sulfone groups is 1. The van der Waals surface area contributed by atoms with Crippen molar-refractivity contribution in [1.29, 1.82) is 0 Å². The molecule has 0 bridgehead atoms. The van der Waals surface area contributed by atoms with E-state index in [1.54, 1.807) is 11.3 Å². The summed E-state index contributed by atoms with van der Waals surface area (Å²) >= 11 is 1.68. The fourth-order valence-corrected chi connectivity index (χ4v) is 4.70. The lowest BCUT2D eigenvalue weighted by molar-refractivity contribution is 0.111. The molecule has 2 unspecified atom stereocenters. The van der Waals surface area contributed by atoms with Crippen LogP contribution in [0.5, 0.6) is 0 Å². The standard InChI is InChI=1S/C11H16O3S2/c12-11(4-3-10-2-1-6-15-10)9-5-7-16(13,14)8-9/h1-2,6,9,11-12H,3-5,7-8H2. The largest absolute Gasteiger partial charge is 0.393 e. The van der Waals surface area contributed by atoms with Crippen molar-refractivity contribution in [2.45, 2.75) is 25.4 Å². The molecule has 1 aliphatic heterocycles. The molecule has 1 aliphatic rings. The first-order valence-corrected chi connectivity index (χ1v) is 8.18. The van der Waals surface area contributed by atoms with E-state index in [1.807, 2.05) is 17.5 Å². The van der Waals surface area contributed by atoms with Crippen LogP contribution in [0.4, 0.5) is 0 Å². The minimum atomic E-state index is -2.87. The van der Waals surface area contributed by atoms with Crippen molar-refractivity contribution in [3.05, 3.63) is 22.4 Å². The van der Waals surface area contributed by atoms with Crippen LogP contribution in [0, 0.1) is 5.92 Å². The normalized spacial score (nSPS) is 25.7. The van der Waals surface area contributed by atoms with E-state index in [4.69, 9.17) is 0 Å². The third-order valence-corrected chi connectivity index (χ3v) is 5.81. The second-order valence-corrected chi connectivity index (χ2v) is 7.61. The molecule has 90 valence electrons. The summed E-state index contributed by atoms with van der Waals surface area (Å²) < 4.78 is 22.5. The number of aliphatic hydroxyl groups is 1. The van der Waals surface area contributed by atoms with Crippen LogP contribution >= 0.6 is 11.3 Å². The van der Waals surface area contributed by atoms with Crippen molar-refractivity contribution in [3.63, 3.8) is 0 Å². The predicted octanol–water partition coefficient (Wildman–Crippen LogP) is 1.48. The van der Waals surface area contributed by atoms with Crippen LogP contribution in [0.25, 0.3) is 0 Å². The minimum Gasteiger partial charge on any atom is -0.393 e. The summed E-state index contributed by atoms with van der Waals surface area (Å²) in [6.07, 6.45) is 1.66. The molecule has 1 fully saturated rings. The summed E-state index contributed by atoms with van der Waals surface area (Å²) in [6.45, 7) is 0. The lowest BCUT2D eigenvalue weighted by Crippen LogP contribution is -2.22. The SMILES string of the molecule is O=S1(=O)CCC(C(O)CCc2cccs2)C1. The highest BCUT2D eigenvalue weighted by molar-refractivity contribution is 7.91. The van der Waals surface area contributed by atoms with E-state index in [-0.39, 0.29) is 17.4 Å². The summed E-state index contributed by atoms with van der Waals surface area (Å²) in [5, 5.41) is 11.9. The molecule has 0 aliphatic carbocycles. The molecule has 16 heavy (non-hydrogen) atoms. The lowest BCUT2D eigenvalue weighted by atomic mass is 9.98. The first-order chi connectivity index (χ1) is 7.57. The Bertz CT molecular complexity index is 422. The highest BCUT2D eigenvalue weighted by Crippen LogP contribution is 2.24. The monoisotopic (exact) mass is 260 g/mol. The molecular weight excluding hydrogens is 244 g/mol. The van der Waals surface area contributed by atoms with E-state index < -0.39 is 15.9 Å². The van der Waals surface area contributed by atoms with Crippen molar-refractivity contribution < 1.29 is 13.5 Å². The van der Waals surface area contributed by atoms with Gasteiger partial charge in [-0.3, -0.25) is 0 Å². The number of thiophene rings is 1. The van der Waals surface area contributed by atoms with E-state index >= 15 is 0 Å². The summed E-state index contributed by atoms with van der Waals surface area (Å²) in [4.78, 5) is 1.25. The van der Waals surface area contributed by atoms with Gasteiger partial charge in [0.25, 0.3) is 0 Å². The molecule has 1 saturated heterocycles. The Hall–Kier alpha value is -0.390. The Morgan fingerprint density at radius 1 is 1.56 bits per heavy atom. The molecule has 0 saturated carbocycles. The zero-order valence-corrected chi connectivity index (χ0v) is 10.6. The van der Waals surface area contributed by atoms with Gasteiger partial charge >= 0.3 is 0 Å². The van der Waals surface area contributed by atoms with E-state index in [1.165, 1.54) is 4.88 Å². The van der Waals surface area contributed by atoms with Crippen LogP contribution in [-0.4, -0.2) is 31.1 Å². The number of aliphatic hydroxyl groups excluding tert-OH is 1. The second kappa shape index (κ2) is 4.85. The molecule has 0 radical (unpaired) electrons. The maximum atomic E-state index is 11.3. The molecular formula is C11H16O3S2. The molecule has 2 heterocycles. The maximum Gasteiger partial charge on any atom is 0.150 e. The number of hydrogen-bond acceptors (Lipinski definition) is 4. The zero-order valence-electron chi connectivity index (χ0n) is 9.00. The fraction of sp³-hybridized carbons (Fsp3) is 0.636. The van der Waals surface area contributed by atoms with Gasteiger partial charge in [0, 0.05) is 4.88 Å². The van der Waals surface area contributed by atoms with Crippen molar-refractivity contribution in [1.82, 2.24) is 0 Å². The van der Waals surface area contributed by atoms with Crippen LogP contribution < -0.4 is 0 Å². The fourth-order valence-electron chi connectivity index (χ4n) is 2.11. The molecule has 1 aromatic heterocycles. The summed E-state index contributed by atoms with van der Waals surface area (Å²) in [5.41, 5.74) is 0. The summed E-state index contributed by atoms with van der Waals surface area (Å²) in [5.74, 6) is 0.358. The number of aryl methyl sites for hydroxylation is 1. The van der Waals surface area contributed by atoms with Crippen LogP contribution in [0.1, 0.15) is 17.7 Å². The zero-order chi connectivity index (χ0) is 11.6. The highest BCUT2D eigenvalue weighted by atomic mass is 32.2. The van der Waals surface area contributed by atoms with Crippen LogP contribution in [0.15, 0.2) is 17.5 Å². The van der Waals surface area contributed by atoms with Gasteiger partial charge in [-0.25, -0.2) is 8.42 Å². The van der Waals surface area contributed by atoms with Gasteiger partial charge in [0.15, 0.2) is 9.84 Å². The molecule has 1 aromatic rings. The topological polar surface area (TPSA) is 54.4 Å². The van der Waals surface area contributed by atoms with E-state index in [9.17, 15) is 13.5 Å². The van der Waals surface area contributed by atoms with E-state index in [0.29, 0.717) is 12.8 Å². The summed E-state index contributed by atoms with van der Waals surface area (Å²) in [6, 6.07) is 4.04. The smallest absolute Gasteiger partial charge is 0.150 e. The predicted molar refractivity (Wildman–Crippen MR) is 65.4 cm³/mol. The average molecular weight is 260 g/mol. The van der Waals surface area contributed by atoms with Gasteiger partial charge in [-0.2, -0.15) is 0 Å². The van der Waals surface area contributed by atoms with Gasteiger partial charge in [0.2, 0.25) is 0 Å². The van der Waals surface area contributed by atoms with Crippen molar-refractivity contribution in [3.8, 4) is 0 Å². The quantitative estimate of drug-likeness (QED) is 0.892. The molecule has 0 aromatic carbocycles. The molecule has 1 N–H and O–H groups in total. The highest BCUT2D eigenvalue weighted by Gasteiger charge is 2.32. The average Bonchev–Trinajstić information content (AvgIpc) is 2.83. The molecule has 2 atom stereocenters. The van der Waals surface area contributed by atoms with Gasteiger partial charge in [-0.1, -0.05) is 6.07 Å². The number of hydrogen-bond donors (Lipinski definition) is 1.